The monoisotopic (exact) mass is 332 g/mol. The highest BCUT2D eigenvalue weighted by Gasteiger charge is 2.32. The Morgan fingerprint density at radius 2 is 1.41 bits per heavy atom. The van der Waals surface area contributed by atoms with Crippen molar-refractivity contribution in [3.8, 4) is 0 Å². The molecule has 0 aromatic heterocycles. The lowest BCUT2D eigenvalue weighted by atomic mass is 9.94. The van der Waals surface area contributed by atoms with Crippen molar-refractivity contribution in [3.05, 3.63) is 69.7 Å². The number of halogens is 2. The molecule has 22 heavy (non-hydrogen) atoms. The lowest BCUT2D eigenvalue weighted by Crippen LogP contribution is -2.41. The van der Waals surface area contributed by atoms with E-state index >= 15 is 0 Å². The van der Waals surface area contributed by atoms with E-state index in [1.165, 1.54) is 0 Å². The van der Waals surface area contributed by atoms with Crippen molar-refractivity contribution in [2.24, 2.45) is 4.99 Å². The standard InChI is InChI=1S/C16H10Cl2N2O2/c17-11-5-1-9(2-6-11)13-15(21)14(20-16(22)19-13)10-3-7-12(18)8-4-10/h1-8,13H,(H,19,22). The fourth-order valence-corrected chi connectivity index (χ4v) is 2.47. The van der Waals surface area contributed by atoms with Crippen LogP contribution in [0, 0.1) is 0 Å². The predicted molar refractivity (Wildman–Crippen MR) is 85.7 cm³/mol. The lowest BCUT2D eigenvalue weighted by molar-refractivity contribution is -0.114. The van der Waals surface area contributed by atoms with Crippen molar-refractivity contribution in [3.63, 3.8) is 0 Å². The number of amides is 2. The molecule has 0 aliphatic carbocycles. The van der Waals surface area contributed by atoms with Crippen molar-refractivity contribution >= 4 is 40.7 Å². The van der Waals surface area contributed by atoms with Crippen LogP contribution in [0.5, 0.6) is 0 Å². The summed E-state index contributed by atoms with van der Waals surface area (Å²) in [5, 5.41) is 3.68. The van der Waals surface area contributed by atoms with Gasteiger partial charge in [-0.15, -0.1) is 0 Å². The number of nitrogens with one attached hydrogen (secondary N) is 1. The summed E-state index contributed by atoms with van der Waals surface area (Å²) in [5.74, 6) is -0.274. The molecule has 1 heterocycles. The Morgan fingerprint density at radius 3 is 2.00 bits per heavy atom. The number of hydrogen-bond donors (Lipinski definition) is 1. The topological polar surface area (TPSA) is 58.5 Å². The zero-order valence-corrected chi connectivity index (χ0v) is 12.7. The number of nitrogens with zero attached hydrogens (tertiary/aromatic N) is 1. The second-order valence-electron chi connectivity index (χ2n) is 4.77. The molecule has 110 valence electrons. The van der Waals surface area contributed by atoms with Crippen LogP contribution in [0.4, 0.5) is 4.79 Å². The molecule has 1 aliphatic rings. The van der Waals surface area contributed by atoms with E-state index in [1.54, 1.807) is 48.5 Å². The molecule has 3 rings (SSSR count). The van der Waals surface area contributed by atoms with Crippen LogP contribution in [0.3, 0.4) is 0 Å². The van der Waals surface area contributed by atoms with E-state index < -0.39 is 12.1 Å². The molecule has 1 unspecified atom stereocenters. The number of hydrogen-bond acceptors (Lipinski definition) is 2. The highest BCUT2D eigenvalue weighted by Crippen LogP contribution is 2.23. The molecule has 0 spiro atoms. The van der Waals surface area contributed by atoms with E-state index in [1.807, 2.05) is 0 Å². The van der Waals surface area contributed by atoms with E-state index in [0.29, 0.717) is 21.2 Å². The first kappa shape index (κ1) is 14.8. The molecule has 1 aliphatic heterocycles. The Bertz CT molecular complexity index is 768. The van der Waals surface area contributed by atoms with Gasteiger partial charge in [0.1, 0.15) is 11.8 Å². The van der Waals surface area contributed by atoms with Gasteiger partial charge >= 0.3 is 6.03 Å². The van der Waals surface area contributed by atoms with Gasteiger partial charge in [-0.3, -0.25) is 4.79 Å². The van der Waals surface area contributed by atoms with E-state index in [0.717, 1.165) is 0 Å². The molecule has 0 bridgehead atoms. The number of ketones is 1. The third kappa shape index (κ3) is 2.89. The average Bonchev–Trinajstić information content (AvgIpc) is 2.51. The molecule has 0 fully saturated rings. The van der Waals surface area contributed by atoms with Gasteiger partial charge in [0.25, 0.3) is 0 Å². The summed E-state index contributed by atoms with van der Waals surface area (Å²) in [6.07, 6.45) is 0. The fraction of sp³-hybridized carbons (Fsp3) is 0.0625. The van der Waals surface area contributed by atoms with Crippen molar-refractivity contribution in [1.82, 2.24) is 5.32 Å². The van der Waals surface area contributed by atoms with Crippen LogP contribution in [0.1, 0.15) is 17.2 Å². The van der Waals surface area contributed by atoms with Crippen LogP contribution in [0.2, 0.25) is 10.0 Å². The smallest absolute Gasteiger partial charge is 0.322 e. The molecule has 6 heteroatoms. The Hall–Kier alpha value is -2.17. The van der Waals surface area contributed by atoms with Crippen molar-refractivity contribution in [2.45, 2.75) is 6.04 Å². The van der Waals surface area contributed by atoms with Crippen molar-refractivity contribution < 1.29 is 9.59 Å². The van der Waals surface area contributed by atoms with Crippen LogP contribution in [0.15, 0.2) is 53.5 Å². The number of carbonyl (C=O) groups is 2. The van der Waals surface area contributed by atoms with Gasteiger partial charge in [-0.1, -0.05) is 47.5 Å². The third-order valence-corrected chi connectivity index (χ3v) is 3.80. The second-order valence-corrected chi connectivity index (χ2v) is 5.64. The quantitative estimate of drug-likeness (QED) is 0.908. The second kappa shape index (κ2) is 5.91. The summed E-state index contributed by atoms with van der Waals surface area (Å²) < 4.78 is 0. The van der Waals surface area contributed by atoms with E-state index in [9.17, 15) is 9.59 Å². The van der Waals surface area contributed by atoms with Crippen LogP contribution < -0.4 is 5.32 Å². The molecule has 2 aromatic carbocycles. The number of aliphatic imine (C=N–C) groups is 1. The highest BCUT2D eigenvalue weighted by atomic mass is 35.5. The summed E-state index contributed by atoms with van der Waals surface area (Å²) in [6, 6.07) is 12.1. The summed E-state index contributed by atoms with van der Waals surface area (Å²) in [6.45, 7) is 0. The molecule has 0 saturated carbocycles. The van der Waals surface area contributed by atoms with Gasteiger partial charge in [-0.25, -0.2) is 4.79 Å². The van der Waals surface area contributed by atoms with Gasteiger partial charge in [0, 0.05) is 15.6 Å². The number of benzene rings is 2. The minimum atomic E-state index is -0.770. The molecular formula is C16H10Cl2N2O2. The van der Waals surface area contributed by atoms with Crippen LogP contribution >= 0.6 is 23.2 Å². The zero-order chi connectivity index (χ0) is 15.7. The summed E-state index contributed by atoms with van der Waals surface area (Å²) in [7, 11) is 0. The van der Waals surface area contributed by atoms with Crippen LogP contribution in [-0.2, 0) is 4.79 Å². The number of Topliss-reactive ketones (excluding diaryl/α,β-unsaturated/α-hetero) is 1. The van der Waals surface area contributed by atoms with Crippen molar-refractivity contribution in [1.29, 1.82) is 0 Å². The molecule has 1 atom stereocenters. The first-order valence-corrected chi connectivity index (χ1v) is 7.25. The van der Waals surface area contributed by atoms with Gasteiger partial charge in [0.2, 0.25) is 5.78 Å². The van der Waals surface area contributed by atoms with E-state index in [2.05, 4.69) is 10.3 Å². The predicted octanol–water partition coefficient (Wildman–Crippen LogP) is 3.82. The SMILES string of the molecule is O=C1N=C(c2ccc(Cl)cc2)C(=O)C(c2ccc(Cl)cc2)N1. The zero-order valence-electron chi connectivity index (χ0n) is 11.2. The van der Waals surface area contributed by atoms with Gasteiger partial charge < -0.3 is 5.32 Å². The normalized spacial score (nSPS) is 17.9. The van der Waals surface area contributed by atoms with Gasteiger partial charge in [0.15, 0.2) is 0 Å². The molecule has 1 N–H and O–H groups in total. The maximum Gasteiger partial charge on any atom is 0.342 e. The van der Waals surface area contributed by atoms with E-state index in [-0.39, 0.29) is 11.5 Å². The lowest BCUT2D eigenvalue weighted by Gasteiger charge is -2.22. The third-order valence-electron chi connectivity index (χ3n) is 3.30. The molecule has 2 aromatic rings. The van der Waals surface area contributed by atoms with Gasteiger partial charge in [0.05, 0.1) is 0 Å². The first-order valence-electron chi connectivity index (χ1n) is 6.49. The minimum Gasteiger partial charge on any atom is -0.322 e. The van der Waals surface area contributed by atoms with Gasteiger partial charge in [-0.2, -0.15) is 4.99 Å². The van der Waals surface area contributed by atoms with Crippen LogP contribution in [0.25, 0.3) is 0 Å². The Labute approximate surface area is 136 Å². The summed E-state index contributed by atoms with van der Waals surface area (Å²) >= 11 is 11.7. The first-order chi connectivity index (χ1) is 10.5. The highest BCUT2D eigenvalue weighted by molar-refractivity contribution is 6.50. The Morgan fingerprint density at radius 1 is 0.864 bits per heavy atom. The molecule has 2 amide bonds. The fourth-order valence-electron chi connectivity index (χ4n) is 2.22. The van der Waals surface area contributed by atoms with Gasteiger partial charge in [-0.05, 0) is 29.8 Å². The summed E-state index contributed by atoms with van der Waals surface area (Å²) in [5.41, 5.74) is 1.34. The average molecular weight is 333 g/mol. The van der Waals surface area contributed by atoms with Crippen LogP contribution in [-0.4, -0.2) is 17.5 Å². The Balaban J connectivity index is 1.98. The molecule has 0 radical (unpaired) electrons. The molecule has 4 nitrogen and oxygen atoms in total. The van der Waals surface area contributed by atoms with E-state index in [4.69, 9.17) is 23.2 Å². The molecule has 0 saturated heterocycles. The maximum atomic E-state index is 12.6. The summed E-state index contributed by atoms with van der Waals surface area (Å²) in [4.78, 5) is 28.2. The number of rotatable bonds is 2. The largest absolute Gasteiger partial charge is 0.342 e. The van der Waals surface area contributed by atoms with Crippen molar-refractivity contribution in [2.75, 3.05) is 0 Å². The Kier molecular flexibility index (Phi) is 3.96. The maximum absolute atomic E-state index is 12.6. The number of urea groups is 1. The minimum absolute atomic E-state index is 0.125. The number of carbonyl (C=O) groups excluding carboxylic acids is 2. The molecular weight excluding hydrogens is 323 g/mol.